The molecular formula is C17H37N3O2S. The second-order valence-electron chi connectivity index (χ2n) is 7.56. The third-order valence-electron chi connectivity index (χ3n) is 3.71. The van der Waals surface area contributed by atoms with Crippen LogP contribution in [0.4, 0.5) is 0 Å². The number of nitrogens with zero attached hydrogens (tertiary/aromatic N) is 1. The maximum absolute atomic E-state index is 12.1. The first-order valence-corrected chi connectivity index (χ1v) is 10.4. The predicted molar refractivity (Wildman–Crippen MR) is 101 cm³/mol. The number of hydrogen-bond donors (Lipinski definition) is 2. The fourth-order valence-electron chi connectivity index (χ4n) is 2.04. The zero-order valence-electron chi connectivity index (χ0n) is 16.1. The van der Waals surface area contributed by atoms with E-state index in [0.29, 0.717) is 12.0 Å². The zero-order chi connectivity index (χ0) is 18.1. The number of hydrogen-bond acceptors (Lipinski definition) is 3. The number of guanidine groups is 1. The molecule has 6 heteroatoms. The van der Waals surface area contributed by atoms with Crippen LogP contribution in [0.25, 0.3) is 0 Å². The van der Waals surface area contributed by atoms with Gasteiger partial charge >= 0.3 is 0 Å². The van der Waals surface area contributed by atoms with Crippen LogP contribution in [0.15, 0.2) is 4.99 Å². The van der Waals surface area contributed by atoms with Gasteiger partial charge in [-0.25, -0.2) is 8.42 Å². The van der Waals surface area contributed by atoms with Crippen LogP contribution < -0.4 is 10.6 Å². The molecule has 0 aromatic heterocycles. The van der Waals surface area contributed by atoms with E-state index < -0.39 is 14.6 Å². The van der Waals surface area contributed by atoms with E-state index in [1.807, 2.05) is 6.92 Å². The molecule has 1 unspecified atom stereocenters. The highest BCUT2D eigenvalue weighted by molar-refractivity contribution is 7.92. The smallest absolute Gasteiger partial charge is 0.191 e. The maximum Gasteiger partial charge on any atom is 0.191 e. The number of rotatable bonds is 9. The Kier molecular flexibility index (Phi) is 9.82. The molecule has 0 aliphatic carbocycles. The average molecular weight is 348 g/mol. The fraction of sp³-hybridized carbons (Fsp3) is 0.941. The third kappa shape index (κ3) is 9.84. The third-order valence-corrected chi connectivity index (χ3v) is 6.29. The highest BCUT2D eigenvalue weighted by Gasteiger charge is 2.28. The Balaban J connectivity index is 4.49. The van der Waals surface area contributed by atoms with E-state index in [4.69, 9.17) is 0 Å². The van der Waals surface area contributed by atoms with Gasteiger partial charge in [0.25, 0.3) is 0 Å². The Morgan fingerprint density at radius 3 is 2.22 bits per heavy atom. The lowest BCUT2D eigenvalue weighted by molar-refractivity contribution is 0.491. The molecule has 0 radical (unpaired) electrons. The molecule has 0 saturated heterocycles. The summed E-state index contributed by atoms with van der Waals surface area (Å²) in [6, 6.07) is 0.325. The van der Waals surface area contributed by atoms with Gasteiger partial charge in [-0.1, -0.05) is 26.7 Å². The second-order valence-corrected chi connectivity index (χ2v) is 10.4. The summed E-state index contributed by atoms with van der Waals surface area (Å²) in [7, 11) is -3.12. The molecule has 0 aliphatic rings. The molecular weight excluding hydrogens is 310 g/mol. The Labute approximate surface area is 143 Å². The lowest BCUT2D eigenvalue weighted by atomic mass is 10.0. The number of aliphatic imine (C=N–C) groups is 1. The van der Waals surface area contributed by atoms with E-state index in [1.54, 1.807) is 20.8 Å². The summed E-state index contributed by atoms with van der Waals surface area (Å²) in [6.07, 6.45) is 3.50. The van der Waals surface area contributed by atoms with Crippen molar-refractivity contribution in [1.82, 2.24) is 10.6 Å². The molecule has 0 fully saturated rings. The molecule has 0 heterocycles. The maximum atomic E-state index is 12.1. The molecule has 0 rings (SSSR count). The van der Waals surface area contributed by atoms with Crippen LogP contribution >= 0.6 is 0 Å². The van der Waals surface area contributed by atoms with Crippen molar-refractivity contribution in [3.63, 3.8) is 0 Å². The Hall–Kier alpha value is -0.780. The lowest BCUT2D eigenvalue weighted by Gasteiger charge is -2.20. The van der Waals surface area contributed by atoms with Gasteiger partial charge in [0.1, 0.15) is 0 Å². The van der Waals surface area contributed by atoms with Gasteiger partial charge in [-0.05, 0) is 47.0 Å². The van der Waals surface area contributed by atoms with Crippen LogP contribution in [-0.2, 0) is 9.84 Å². The van der Waals surface area contributed by atoms with Crippen LogP contribution in [0.5, 0.6) is 0 Å². The summed E-state index contributed by atoms with van der Waals surface area (Å²) in [5.41, 5.74) is 0. The molecule has 5 nitrogen and oxygen atoms in total. The quantitative estimate of drug-likeness (QED) is 0.497. The molecule has 23 heavy (non-hydrogen) atoms. The van der Waals surface area contributed by atoms with E-state index in [0.717, 1.165) is 18.9 Å². The zero-order valence-corrected chi connectivity index (χ0v) is 16.9. The van der Waals surface area contributed by atoms with E-state index >= 15 is 0 Å². The lowest BCUT2D eigenvalue weighted by Crippen LogP contribution is -2.42. The average Bonchev–Trinajstić information content (AvgIpc) is 2.36. The SMILES string of the molecule is CCNC(=NCCS(=O)(=O)C(C)(C)C)NC(C)CCCC(C)C. The van der Waals surface area contributed by atoms with Gasteiger partial charge in [-0.3, -0.25) is 4.99 Å². The molecule has 2 N–H and O–H groups in total. The van der Waals surface area contributed by atoms with Crippen molar-refractivity contribution >= 4 is 15.8 Å². The molecule has 0 aromatic rings. The van der Waals surface area contributed by atoms with Crippen LogP contribution in [0.3, 0.4) is 0 Å². The van der Waals surface area contributed by atoms with Crippen LogP contribution in [-0.4, -0.2) is 44.0 Å². The van der Waals surface area contributed by atoms with Crippen molar-refractivity contribution in [3.05, 3.63) is 0 Å². The van der Waals surface area contributed by atoms with Crippen LogP contribution in [0.2, 0.25) is 0 Å². The molecule has 0 aliphatic heterocycles. The highest BCUT2D eigenvalue weighted by Crippen LogP contribution is 2.15. The monoisotopic (exact) mass is 347 g/mol. The summed E-state index contributed by atoms with van der Waals surface area (Å²) in [6.45, 7) is 14.8. The normalized spacial score (nSPS) is 14.9. The fourth-order valence-corrected chi connectivity index (χ4v) is 2.99. The molecule has 0 saturated carbocycles. The standard InChI is InChI=1S/C17H37N3O2S/c1-8-18-16(20-15(4)11-9-10-14(2)3)19-12-13-23(21,22)17(5,6)7/h14-15H,8-13H2,1-7H3,(H2,18,19,20). The van der Waals surface area contributed by atoms with Gasteiger partial charge in [-0.15, -0.1) is 0 Å². The minimum Gasteiger partial charge on any atom is -0.357 e. The second kappa shape index (κ2) is 10.2. The first-order chi connectivity index (χ1) is 10.5. The molecule has 0 spiro atoms. The number of sulfone groups is 1. The van der Waals surface area contributed by atoms with Gasteiger partial charge in [0.15, 0.2) is 15.8 Å². The summed E-state index contributed by atoms with van der Waals surface area (Å²) >= 11 is 0. The van der Waals surface area contributed by atoms with Crippen molar-refractivity contribution in [1.29, 1.82) is 0 Å². The minimum absolute atomic E-state index is 0.0782. The number of nitrogens with one attached hydrogen (secondary N) is 2. The Bertz CT molecular complexity index is 451. The van der Waals surface area contributed by atoms with Gasteiger partial charge < -0.3 is 10.6 Å². The Morgan fingerprint density at radius 2 is 1.74 bits per heavy atom. The van der Waals surface area contributed by atoms with Crippen molar-refractivity contribution in [2.45, 2.75) is 78.5 Å². The van der Waals surface area contributed by atoms with E-state index in [-0.39, 0.29) is 12.3 Å². The van der Waals surface area contributed by atoms with E-state index in [1.165, 1.54) is 12.8 Å². The summed E-state index contributed by atoms with van der Waals surface area (Å²) < 4.78 is 23.5. The predicted octanol–water partition coefficient (Wildman–Crippen LogP) is 2.97. The van der Waals surface area contributed by atoms with Gasteiger partial charge in [0.2, 0.25) is 0 Å². The largest absolute Gasteiger partial charge is 0.357 e. The first kappa shape index (κ1) is 22.2. The molecule has 0 bridgehead atoms. The summed E-state index contributed by atoms with van der Waals surface area (Å²) in [5, 5.41) is 6.54. The van der Waals surface area contributed by atoms with Gasteiger partial charge in [-0.2, -0.15) is 0 Å². The Morgan fingerprint density at radius 1 is 1.13 bits per heavy atom. The molecule has 138 valence electrons. The molecule has 0 aromatic carbocycles. The topological polar surface area (TPSA) is 70.6 Å². The van der Waals surface area contributed by atoms with Crippen molar-refractivity contribution in [2.75, 3.05) is 18.8 Å². The summed E-state index contributed by atoms with van der Waals surface area (Å²) in [4.78, 5) is 4.41. The van der Waals surface area contributed by atoms with E-state index in [2.05, 4.69) is 36.4 Å². The van der Waals surface area contributed by atoms with E-state index in [9.17, 15) is 8.42 Å². The van der Waals surface area contributed by atoms with Crippen LogP contribution in [0.1, 0.15) is 67.7 Å². The molecule has 1 atom stereocenters. The highest BCUT2D eigenvalue weighted by atomic mass is 32.2. The van der Waals surface area contributed by atoms with Crippen LogP contribution in [0, 0.1) is 5.92 Å². The van der Waals surface area contributed by atoms with Gasteiger partial charge in [0, 0.05) is 12.6 Å². The first-order valence-electron chi connectivity index (χ1n) is 8.76. The van der Waals surface area contributed by atoms with Crippen molar-refractivity contribution < 1.29 is 8.42 Å². The minimum atomic E-state index is -3.12. The van der Waals surface area contributed by atoms with Gasteiger partial charge in [0.05, 0.1) is 17.0 Å². The van der Waals surface area contributed by atoms with Crippen molar-refractivity contribution in [2.24, 2.45) is 10.9 Å². The molecule has 0 amide bonds. The summed E-state index contributed by atoms with van der Waals surface area (Å²) in [5.74, 6) is 1.51. The van der Waals surface area contributed by atoms with Crippen molar-refractivity contribution in [3.8, 4) is 0 Å².